The molecule has 0 spiro atoms. The van der Waals surface area contributed by atoms with Crippen molar-refractivity contribution in [3.63, 3.8) is 0 Å². The highest BCUT2D eigenvalue weighted by atomic mass is 32.1. The van der Waals surface area contributed by atoms with Gasteiger partial charge in [-0.25, -0.2) is 9.59 Å². The van der Waals surface area contributed by atoms with Crippen LogP contribution in [0.4, 0.5) is 5.00 Å². The average molecular weight is 430 g/mol. The maximum Gasteiger partial charge on any atom is 0.348 e. The molecule has 4 N–H and O–H groups in total. The van der Waals surface area contributed by atoms with Crippen LogP contribution in [0.25, 0.3) is 0 Å². The van der Waals surface area contributed by atoms with Crippen LogP contribution in [-0.4, -0.2) is 77.0 Å². The quantitative estimate of drug-likeness (QED) is 0.319. The van der Waals surface area contributed by atoms with Crippen molar-refractivity contribution in [2.45, 2.75) is 20.8 Å². The number of rotatable bonds is 10. The van der Waals surface area contributed by atoms with Crippen LogP contribution >= 0.6 is 11.3 Å². The van der Waals surface area contributed by atoms with Gasteiger partial charge in [0.05, 0.1) is 32.0 Å². The molecule has 1 aliphatic rings. The van der Waals surface area contributed by atoms with E-state index in [4.69, 9.17) is 14.2 Å². The van der Waals surface area contributed by atoms with Gasteiger partial charge in [0.1, 0.15) is 36.1 Å². The lowest BCUT2D eigenvalue weighted by molar-refractivity contribution is -0.919. The molecule has 2 heterocycles. The fourth-order valence-corrected chi connectivity index (χ4v) is 4.17. The summed E-state index contributed by atoms with van der Waals surface area (Å²) in [6.45, 7) is 11.1. The number of anilines is 1. The van der Waals surface area contributed by atoms with Crippen LogP contribution in [-0.2, 0) is 19.0 Å². The summed E-state index contributed by atoms with van der Waals surface area (Å²) in [6, 6.07) is 0. The van der Waals surface area contributed by atoms with E-state index in [2.05, 4.69) is 5.32 Å². The van der Waals surface area contributed by atoms with Gasteiger partial charge in [0.2, 0.25) is 0 Å². The molecule has 0 aliphatic carbocycles. The summed E-state index contributed by atoms with van der Waals surface area (Å²) in [5.74, 6) is -1.31. The first-order chi connectivity index (χ1) is 14.0. The summed E-state index contributed by atoms with van der Waals surface area (Å²) in [6.07, 6.45) is 0. The van der Waals surface area contributed by atoms with E-state index in [9.17, 15) is 14.4 Å². The molecule has 2 rings (SSSR count). The SMILES string of the molecule is CCOC(=O)c1sc(NC(=O)C[NH2+]CC[NH+]2CCOCC2)c(C(=O)OCC)c1C. The van der Waals surface area contributed by atoms with Gasteiger partial charge < -0.3 is 29.7 Å². The molecule has 162 valence electrons. The fourth-order valence-electron chi connectivity index (χ4n) is 3.07. The molecule has 9 nitrogen and oxygen atoms in total. The Hall–Kier alpha value is -2.01. The average Bonchev–Trinajstić information content (AvgIpc) is 3.02. The zero-order chi connectivity index (χ0) is 21.2. The molecule has 1 aromatic rings. The number of quaternary nitrogens is 2. The van der Waals surface area contributed by atoms with Gasteiger partial charge in [-0.1, -0.05) is 0 Å². The number of ether oxygens (including phenoxy) is 3. The smallest absolute Gasteiger partial charge is 0.348 e. The highest BCUT2D eigenvalue weighted by Gasteiger charge is 2.27. The summed E-state index contributed by atoms with van der Waals surface area (Å²) >= 11 is 1.04. The summed E-state index contributed by atoms with van der Waals surface area (Å²) in [4.78, 5) is 38.7. The van der Waals surface area contributed by atoms with Crippen LogP contribution < -0.4 is 15.5 Å². The van der Waals surface area contributed by atoms with E-state index in [0.717, 1.165) is 50.7 Å². The van der Waals surface area contributed by atoms with Gasteiger partial charge in [0.15, 0.2) is 6.54 Å². The maximum absolute atomic E-state index is 12.4. The zero-order valence-corrected chi connectivity index (χ0v) is 18.1. The van der Waals surface area contributed by atoms with Crippen molar-refractivity contribution < 1.29 is 38.8 Å². The molecule has 0 bridgehead atoms. The monoisotopic (exact) mass is 429 g/mol. The topological polar surface area (TPSA) is 112 Å². The first kappa shape index (κ1) is 23.3. The lowest BCUT2D eigenvalue weighted by Crippen LogP contribution is -3.16. The van der Waals surface area contributed by atoms with Crippen LogP contribution in [0, 0.1) is 6.92 Å². The van der Waals surface area contributed by atoms with E-state index in [1.807, 2.05) is 5.32 Å². The number of esters is 2. The molecule has 0 aromatic carbocycles. The minimum Gasteiger partial charge on any atom is -0.462 e. The second-order valence-electron chi connectivity index (χ2n) is 6.64. The predicted octanol–water partition coefficient (Wildman–Crippen LogP) is -1.17. The molecule has 1 aromatic heterocycles. The molecule has 0 unspecified atom stereocenters. The Labute approximate surface area is 174 Å². The second kappa shape index (κ2) is 11.9. The second-order valence-corrected chi connectivity index (χ2v) is 7.66. The van der Waals surface area contributed by atoms with Crippen molar-refractivity contribution in [2.24, 2.45) is 0 Å². The van der Waals surface area contributed by atoms with Crippen molar-refractivity contribution in [1.29, 1.82) is 0 Å². The van der Waals surface area contributed by atoms with Gasteiger partial charge in [-0.05, 0) is 26.3 Å². The Morgan fingerprint density at radius 2 is 1.79 bits per heavy atom. The van der Waals surface area contributed by atoms with E-state index in [1.54, 1.807) is 20.8 Å². The van der Waals surface area contributed by atoms with Crippen LogP contribution in [0.3, 0.4) is 0 Å². The third-order valence-electron chi connectivity index (χ3n) is 4.57. The van der Waals surface area contributed by atoms with Crippen LogP contribution in [0.1, 0.15) is 39.4 Å². The molecule has 1 saturated heterocycles. The lowest BCUT2D eigenvalue weighted by Gasteiger charge is -2.22. The number of hydrogen-bond donors (Lipinski definition) is 3. The Morgan fingerprint density at radius 1 is 1.14 bits per heavy atom. The minimum atomic E-state index is -0.563. The number of carbonyl (C=O) groups is 3. The highest BCUT2D eigenvalue weighted by molar-refractivity contribution is 7.18. The number of amides is 1. The van der Waals surface area contributed by atoms with Crippen molar-refractivity contribution in [3.8, 4) is 0 Å². The molecule has 10 heteroatoms. The fraction of sp³-hybridized carbons (Fsp3) is 0.632. The standard InChI is InChI=1S/C19H29N3O6S/c1-4-27-18(24)15-13(3)16(19(25)28-5-2)29-17(15)21-14(23)12-20-6-7-22-8-10-26-11-9-22/h20H,4-12H2,1-3H3,(H,21,23)/p+2. The van der Waals surface area contributed by atoms with E-state index in [-0.39, 0.29) is 31.2 Å². The van der Waals surface area contributed by atoms with Gasteiger partial charge in [-0.15, -0.1) is 11.3 Å². The molecular formula is C19H31N3O6S+2. The molecule has 0 atom stereocenters. The number of hydrogen-bond acceptors (Lipinski definition) is 7. The van der Waals surface area contributed by atoms with Crippen LogP contribution in [0.15, 0.2) is 0 Å². The summed E-state index contributed by atoms with van der Waals surface area (Å²) in [5.41, 5.74) is 0.674. The van der Waals surface area contributed by atoms with Crippen LogP contribution in [0.5, 0.6) is 0 Å². The van der Waals surface area contributed by atoms with Gasteiger partial charge in [0, 0.05) is 0 Å². The summed E-state index contributed by atoms with van der Waals surface area (Å²) in [5, 5.41) is 5.02. The normalized spacial score (nSPS) is 14.4. The maximum atomic E-state index is 12.4. The van der Waals surface area contributed by atoms with Crippen LogP contribution in [0.2, 0.25) is 0 Å². The van der Waals surface area contributed by atoms with E-state index in [0.29, 0.717) is 15.4 Å². The van der Waals surface area contributed by atoms with E-state index >= 15 is 0 Å². The summed E-state index contributed by atoms with van der Waals surface area (Å²) in [7, 11) is 0. The van der Waals surface area contributed by atoms with E-state index < -0.39 is 11.9 Å². The molecule has 0 radical (unpaired) electrons. The molecule has 1 aliphatic heterocycles. The minimum absolute atomic E-state index is 0.202. The first-order valence-electron chi connectivity index (χ1n) is 9.98. The third-order valence-corrected chi connectivity index (χ3v) is 5.76. The van der Waals surface area contributed by atoms with Gasteiger partial charge in [-0.2, -0.15) is 0 Å². The number of morpholine rings is 1. The van der Waals surface area contributed by atoms with Gasteiger partial charge in [0.25, 0.3) is 5.91 Å². The Bertz CT molecular complexity index is 715. The number of nitrogens with one attached hydrogen (secondary N) is 2. The van der Waals surface area contributed by atoms with Gasteiger partial charge in [-0.3, -0.25) is 4.79 Å². The van der Waals surface area contributed by atoms with E-state index in [1.165, 1.54) is 4.90 Å². The lowest BCUT2D eigenvalue weighted by atomic mass is 10.1. The van der Waals surface area contributed by atoms with Crippen molar-refractivity contribution in [2.75, 3.05) is 64.5 Å². The molecule has 29 heavy (non-hydrogen) atoms. The predicted molar refractivity (Wildman–Crippen MR) is 108 cm³/mol. The highest BCUT2D eigenvalue weighted by Crippen LogP contribution is 2.34. The molecular weight excluding hydrogens is 398 g/mol. The first-order valence-corrected chi connectivity index (χ1v) is 10.8. The molecule has 0 saturated carbocycles. The van der Waals surface area contributed by atoms with Crippen molar-refractivity contribution in [3.05, 3.63) is 16.0 Å². The van der Waals surface area contributed by atoms with Crippen molar-refractivity contribution in [1.82, 2.24) is 0 Å². The third kappa shape index (κ3) is 6.77. The Morgan fingerprint density at radius 3 is 2.45 bits per heavy atom. The number of carbonyl (C=O) groups excluding carboxylic acids is 3. The molecule has 1 fully saturated rings. The zero-order valence-electron chi connectivity index (χ0n) is 17.3. The Balaban J connectivity index is 1.97. The number of thiophene rings is 1. The summed E-state index contributed by atoms with van der Waals surface area (Å²) < 4.78 is 15.5. The largest absolute Gasteiger partial charge is 0.462 e. The number of nitrogens with two attached hydrogens (primary N) is 1. The van der Waals surface area contributed by atoms with Gasteiger partial charge >= 0.3 is 11.9 Å². The Kier molecular flexibility index (Phi) is 9.52. The molecule has 1 amide bonds. The van der Waals surface area contributed by atoms with Crippen molar-refractivity contribution >= 4 is 34.2 Å².